The minimum Gasteiger partial charge on any atom is -0.381 e. The van der Waals surface area contributed by atoms with Gasteiger partial charge in [-0.05, 0) is 31.4 Å². The van der Waals surface area contributed by atoms with Crippen LogP contribution < -0.4 is 5.32 Å². The first kappa shape index (κ1) is 19.9. The van der Waals surface area contributed by atoms with Crippen LogP contribution in [0.2, 0.25) is 0 Å². The summed E-state index contributed by atoms with van der Waals surface area (Å²) in [5.74, 6) is 0.0878. The largest absolute Gasteiger partial charge is 0.381 e. The lowest BCUT2D eigenvalue weighted by atomic mass is 9.74. The van der Waals surface area contributed by atoms with E-state index in [0.717, 1.165) is 12.8 Å². The highest BCUT2D eigenvalue weighted by Crippen LogP contribution is 2.34. The van der Waals surface area contributed by atoms with Gasteiger partial charge in [0.05, 0.1) is 5.75 Å². The quantitative estimate of drug-likeness (QED) is 0.761. The van der Waals surface area contributed by atoms with Crippen molar-refractivity contribution in [2.45, 2.75) is 30.4 Å². The van der Waals surface area contributed by atoms with Gasteiger partial charge < -0.3 is 10.1 Å². The third-order valence-electron chi connectivity index (χ3n) is 5.27. The van der Waals surface area contributed by atoms with Gasteiger partial charge in [0.15, 0.2) is 0 Å². The van der Waals surface area contributed by atoms with E-state index in [0.29, 0.717) is 31.1 Å². The van der Waals surface area contributed by atoms with Gasteiger partial charge in [0.1, 0.15) is 5.82 Å². The van der Waals surface area contributed by atoms with E-state index in [1.54, 1.807) is 12.1 Å². The molecule has 1 atom stereocenters. The van der Waals surface area contributed by atoms with Crippen LogP contribution in [0, 0.1) is 5.82 Å². The summed E-state index contributed by atoms with van der Waals surface area (Å²) in [5, 5.41) is 3.04. The third-order valence-corrected chi connectivity index (χ3v) is 6.45. The SMILES string of the molecule is CC(SCC(=O)NCC1(c2ccccc2)CCOCC1)c1ccccc1F. The zero-order valence-electron chi connectivity index (χ0n) is 15.6. The summed E-state index contributed by atoms with van der Waals surface area (Å²) in [5.41, 5.74) is 1.82. The molecule has 1 unspecified atom stereocenters. The summed E-state index contributed by atoms with van der Waals surface area (Å²) in [7, 11) is 0. The van der Waals surface area contributed by atoms with Gasteiger partial charge in [-0.2, -0.15) is 0 Å². The smallest absolute Gasteiger partial charge is 0.230 e. The Morgan fingerprint density at radius 3 is 2.52 bits per heavy atom. The van der Waals surface area contributed by atoms with Crippen molar-refractivity contribution in [1.82, 2.24) is 5.32 Å². The van der Waals surface area contributed by atoms with Crippen LogP contribution in [0.15, 0.2) is 54.6 Å². The van der Waals surface area contributed by atoms with E-state index in [9.17, 15) is 9.18 Å². The van der Waals surface area contributed by atoms with Gasteiger partial charge in [-0.3, -0.25) is 4.79 Å². The molecule has 27 heavy (non-hydrogen) atoms. The van der Waals surface area contributed by atoms with Gasteiger partial charge in [0.2, 0.25) is 5.91 Å². The number of benzene rings is 2. The Hall–Kier alpha value is -1.85. The Bertz CT molecular complexity index is 747. The zero-order chi connectivity index (χ0) is 19.1. The van der Waals surface area contributed by atoms with Crippen LogP contribution in [0.3, 0.4) is 0 Å². The fourth-order valence-electron chi connectivity index (χ4n) is 3.54. The molecule has 2 aromatic carbocycles. The molecular weight excluding hydrogens is 361 g/mol. The molecule has 0 spiro atoms. The van der Waals surface area contributed by atoms with Gasteiger partial charge in [-0.15, -0.1) is 11.8 Å². The average molecular weight is 388 g/mol. The van der Waals surface area contributed by atoms with Crippen molar-refractivity contribution < 1.29 is 13.9 Å². The second kappa shape index (κ2) is 9.38. The Morgan fingerprint density at radius 1 is 1.15 bits per heavy atom. The van der Waals surface area contributed by atoms with Gasteiger partial charge >= 0.3 is 0 Å². The predicted molar refractivity (Wildman–Crippen MR) is 108 cm³/mol. The number of halogens is 1. The van der Waals surface area contributed by atoms with Crippen LogP contribution in [-0.4, -0.2) is 31.4 Å². The number of hydrogen-bond acceptors (Lipinski definition) is 3. The normalized spacial score (nSPS) is 17.3. The summed E-state index contributed by atoms with van der Waals surface area (Å²) in [4.78, 5) is 12.4. The van der Waals surface area contributed by atoms with E-state index in [4.69, 9.17) is 4.74 Å². The first-order valence-corrected chi connectivity index (χ1v) is 10.4. The summed E-state index contributed by atoms with van der Waals surface area (Å²) >= 11 is 1.46. The monoisotopic (exact) mass is 387 g/mol. The molecule has 0 saturated carbocycles. The number of thioether (sulfide) groups is 1. The molecule has 0 aromatic heterocycles. The number of hydrogen-bond donors (Lipinski definition) is 1. The van der Waals surface area contributed by atoms with Gasteiger partial charge in [-0.1, -0.05) is 48.5 Å². The molecule has 2 aromatic rings. The van der Waals surface area contributed by atoms with E-state index >= 15 is 0 Å². The van der Waals surface area contributed by atoms with Crippen molar-refractivity contribution in [2.24, 2.45) is 0 Å². The molecule has 3 nitrogen and oxygen atoms in total. The van der Waals surface area contributed by atoms with E-state index in [1.807, 2.05) is 31.2 Å². The van der Waals surface area contributed by atoms with Gasteiger partial charge in [0, 0.05) is 36.0 Å². The molecule has 1 amide bonds. The maximum atomic E-state index is 13.9. The molecule has 0 aliphatic carbocycles. The Morgan fingerprint density at radius 2 is 1.81 bits per heavy atom. The average Bonchev–Trinajstić information content (AvgIpc) is 2.72. The van der Waals surface area contributed by atoms with Crippen LogP contribution in [0.4, 0.5) is 4.39 Å². The summed E-state index contributed by atoms with van der Waals surface area (Å²) in [6, 6.07) is 17.1. The first-order chi connectivity index (χ1) is 13.1. The second-order valence-corrected chi connectivity index (χ2v) is 8.34. The lowest BCUT2D eigenvalue weighted by Crippen LogP contribution is -2.45. The summed E-state index contributed by atoms with van der Waals surface area (Å²) in [6.45, 7) is 3.96. The van der Waals surface area contributed by atoms with Gasteiger partial charge in [-0.25, -0.2) is 4.39 Å². The van der Waals surface area contributed by atoms with Crippen LogP contribution in [0.5, 0.6) is 0 Å². The number of rotatable bonds is 7. The molecule has 3 rings (SSSR count). The molecule has 1 aliphatic rings. The van der Waals surface area contributed by atoms with E-state index in [1.165, 1.54) is 23.4 Å². The fourth-order valence-corrected chi connectivity index (χ4v) is 4.41. The lowest BCUT2D eigenvalue weighted by Gasteiger charge is -2.38. The number of nitrogens with one attached hydrogen (secondary N) is 1. The molecule has 1 fully saturated rings. The number of ether oxygens (including phenoxy) is 1. The molecule has 1 heterocycles. The third kappa shape index (κ3) is 5.11. The van der Waals surface area contributed by atoms with Crippen molar-refractivity contribution in [3.63, 3.8) is 0 Å². The highest BCUT2D eigenvalue weighted by Gasteiger charge is 2.34. The van der Waals surface area contributed by atoms with Crippen LogP contribution in [0.25, 0.3) is 0 Å². The number of amides is 1. The van der Waals surface area contributed by atoms with Crippen molar-refractivity contribution >= 4 is 17.7 Å². The predicted octanol–water partition coefficient (Wildman–Crippen LogP) is 4.48. The van der Waals surface area contributed by atoms with Crippen LogP contribution >= 0.6 is 11.8 Å². The van der Waals surface area contributed by atoms with Crippen LogP contribution in [-0.2, 0) is 14.9 Å². The van der Waals surface area contributed by atoms with Gasteiger partial charge in [0.25, 0.3) is 0 Å². The van der Waals surface area contributed by atoms with E-state index in [-0.39, 0.29) is 22.4 Å². The van der Waals surface area contributed by atoms with Crippen molar-refractivity contribution in [2.75, 3.05) is 25.5 Å². The Kier molecular flexibility index (Phi) is 6.91. The lowest BCUT2D eigenvalue weighted by molar-refractivity contribution is -0.119. The Labute approximate surface area is 164 Å². The maximum absolute atomic E-state index is 13.9. The molecule has 1 saturated heterocycles. The molecule has 144 valence electrons. The molecule has 5 heteroatoms. The Balaban J connectivity index is 1.56. The maximum Gasteiger partial charge on any atom is 0.230 e. The van der Waals surface area contributed by atoms with Crippen molar-refractivity contribution in [3.05, 3.63) is 71.5 Å². The number of carbonyl (C=O) groups is 1. The minimum absolute atomic E-state index is 0.00927. The van der Waals surface area contributed by atoms with Crippen LogP contribution in [0.1, 0.15) is 36.1 Å². The fraction of sp³-hybridized carbons (Fsp3) is 0.409. The topological polar surface area (TPSA) is 38.3 Å². The van der Waals surface area contributed by atoms with Crippen molar-refractivity contribution in [3.8, 4) is 0 Å². The first-order valence-electron chi connectivity index (χ1n) is 9.37. The highest BCUT2D eigenvalue weighted by atomic mass is 32.2. The van der Waals surface area contributed by atoms with E-state index in [2.05, 4.69) is 17.4 Å². The summed E-state index contributed by atoms with van der Waals surface area (Å²) < 4.78 is 19.4. The number of carbonyl (C=O) groups excluding carboxylic acids is 1. The molecule has 1 N–H and O–H groups in total. The molecular formula is C22H26FNO2S. The minimum atomic E-state index is -0.219. The molecule has 1 aliphatic heterocycles. The van der Waals surface area contributed by atoms with Crippen molar-refractivity contribution in [1.29, 1.82) is 0 Å². The molecule has 0 bridgehead atoms. The van der Waals surface area contributed by atoms with E-state index < -0.39 is 0 Å². The second-order valence-electron chi connectivity index (χ2n) is 7.01. The zero-order valence-corrected chi connectivity index (χ0v) is 16.4. The standard InChI is InChI=1S/C22H26FNO2S/c1-17(19-9-5-6-10-20(19)23)27-15-21(25)24-16-22(11-13-26-14-12-22)18-7-3-2-4-8-18/h2-10,17H,11-16H2,1H3,(H,24,25). The molecule has 0 radical (unpaired) electrons. The highest BCUT2D eigenvalue weighted by molar-refractivity contribution is 8.00. The summed E-state index contributed by atoms with van der Waals surface area (Å²) in [6.07, 6.45) is 1.80.